The Balaban J connectivity index is 2.10. The van der Waals surface area contributed by atoms with Gasteiger partial charge in [0.15, 0.2) is 5.78 Å². The molecule has 1 aromatic carbocycles. The van der Waals surface area contributed by atoms with Gasteiger partial charge in [0.2, 0.25) is 0 Å². The van der Waals surface area contributed by atoms with Crippen molar-refractivity contribution in [3.8, 4) is 0 Å². The maximum absolute atomic E-state index is 12.0. The van der Waals surface area contributed by atoms with Crippen LogP contribution in [0.2, 0.25) is 0 Å². The van der Waals surface area contributed by atoms with Crippen molar-refractivity contribution < 1.29 is 4.79 Å². The molecule has 1 aromatic heterocycles. The molecule has 17 heavy (non-hydrogen) atoms. The number of hydrogen-bond acceptors (Lipinski definition) is 2. The topological polar surface area (TPSA) is 34.9 Å². The lowest BCUT2D eigenvalue weighted by molar-refractivity contribution is 0.0985. The van der Waals surface area contributed by atoms with E-state index in [4.69, 9.17) is 0 Å². The van der Waals surface area contributed by atoms with Crippen LogP contribution in [-0.4, -0.2) is 15.3 Å². The molecule has 0 saturated heterocycles. The zero-order valence-corrected chi connectivity index (χ0v) is 10.2. The van der Waals surface area contributed by atoms with Gasteiger partial charge in [-0.3, -0.25) is 4.79 Å². The molecule has 0 fully saturated rings. The molecule has 0 aliphatic heterocycles. The van der Waals surface area contributed by atoms with E-state index in [0.717, 1.165) is 12.0 Å². The van der Waals surface area contributed by atoms with E-state index in [1.807, 2.05) is 19.2 Å². The smallest absolute Gasteiger partial charge is 0.185 e. The van der Waals surface area contributed by atoms with E-state index in [1.165, 1.54) is 5.56 Å². The molecule has 0 N–H and O–H groups in total. The molecular formula is C14H16N2O. The van der Waals surface area contributed by atoms with E-state index >= 15 is 0 Å². The Hall–Kier alpha value is -1.90. The average Bonchev–Trinajstić information content (AvgIpc) is 2.76. The van der Waals surface area contributed by atoms with Gasteiger partial charge in [-0.1, -0.05) is 31.2 Å². The first-order chi connectivity index (χ1) is 8.20. The summed E-state index contributed by atoms with van der Waals surface area (Å²) in [7, 11) is 1.83. The molecule has 0 atom stereocenters. The highest BCUT2D eigenvalue weighted by Crippen LogP contribution is 2.09. The number of Topliss-reactive ketones (excluding diaryl/α,β-unsaturated/α-hetero) is 1. The van der Waals surface area contributed by atoms with Crippen molar-refractivity contribution in [3.63, 3.8) is 0 Å². The Morgan fingerprint density at radius 1 is 1.24 bits per heavy atom. The molecule has 88 valence electrons. The molecule has 2 aromatic rings. The van der Waals surface area contributed by atoms with Crippen molar-refractivity contribution >= 4 is 5.78 Å². The van der Waals surface area contributed by atoms with Crippen molar-refractivity contribution in [2.45, 2.75) is 19.8 Å². The van der Waals surface area contributed by atoms with Crippen molar-refractivity contribution in [2.24, 2.45) is 7.05 Å². The van der Waals surface area contributed by atoms with Crippen LogP contribution in [0.25, 0.3) is 0 Å². The highest BCUT2D eigenvalue weighted by atomic mass is 16.1. The Morgan fingerprint density at radius 2 is 1.88 bits per heavy atom. The number of imidazole rings is 1. The van der Waals surface area contributed by atoms with Gasteiger partial charge in [-0.2, -0.15) is 0 Å². The van der Waals surface area contributed by atoms with Gasteiger partial charge in [0.05, 0.1) is 12.5 Å². The van der Waals surface area contributed by atoms with Crippen LogP contribution in [0, 0.1) is 0 Å². The molecule has 0 bridgehead atoms. The van der Waals surface area contributed by atoms with Crippen molar-refractivity contribution in [3.05, 3.63) is 53.6 Å². The first-order valence-electron chi connectivity index (χ1n) is 5.78. The SMILES string of the molecule is CCc1ccc(CC(=O)c2cncn2C)cc1. The molecule has 0 aliphatic rings. The van der Waals surface area contributed by atoms with Crippen LogP contribution in [0.5, 0.6) is 0 Å². The lowest BCUT2D eigenvalue weighted by atomic mass is 10.0. The van der Waals surface area contributed by atoms with E-state index in [2.05, 4.69) is 24.0 Å². The van der Waals surface area contributed by atoms with Crippen LogP contribution in [0.4, 0.5) is 0 Å². The van der Waals surface area contributed by atoms with Crippen LogP contribution in [-0.2, 0) is 19.9 Å². The van der Waals surface area contributed by atoms with E-state index in [1.54, 1.807) is 17.1 Å². The fraction of sp³-hybridized carbons (Fsp3) is 0.286. The van der Waals surface area contributed by atoms with Gasteiger partial charge in [0.25, 0.3) is 0 Å². The summed E-state index contributed by atoms with van der Waals surface area (Å²) in [6.07, 6.45) is 4.72. The summed E-state index contributed by atoms with van der Waals surface area (Å²) in [5, 5.41) is 0. The van der Waals surface area contributed by atoms with Gasteiger partial charge >= 0.3 is 0 Å². The van der Waals surface area contributed by atoms with Crippen LogP contribution in [0.15, 0.2) is 36.8 Å². The number of hydrogen-bond donors (Lipinski definition) is 0. The fourth-order valence-electron chi connectivity index (χ4n) is 1.79. The van der Waals surface area contributed by atoms with Crippen LogP contribution >= 0.6 is 0 Å². The third kappa shape index (κ3) is 2.61. The average molecular weight is 228 g/mol. The van der Waals surface area contributed by atoms with Gasteiger partial charge in [0, 0.05) is 13.5 Å². The normalized spacial score (nSPS) is 10.5. The van der Waals surface area contributed by atoms with Gasteiger partial charge < -0.3 is 4.57 Å². The zero-order valence-electron chi connectivity index (χ0n) is 10.2. The minimum atomic E-state index is 0.106. The second kappa shape index (κ2) is 4.95. The predicted molar refractivity (Wildman–Crippen MR) is 67.1 cm³/mol. The summed E-state index contributed by atoms with van der Waals surface area (Å²) in [6, 6.07) is 8.19. The minimum absolute atomic E-state index is 0.106. The Bertz CT molecular complexity index is 511. The number of carbonyl (C=O) groups is 1. The largest absolute Gasteiger partial charge is 0.331 e. The quantitative estimate of drug-likeness (QED) is 0.753. The van der Waals surface area contributed by atoms with Crippen LogP contribution in [0.3, 0.4) is 0 Å². The second-order valence-corrected chi connectivity index (χ2v) is 4.16. The van der Waals surface area contributed by atoms with Gasteiger partial charge in [-0.05, 0) is 17.5 Å². The fourth-order valence-corrected chi connectivity index (χ4v) is 1.79. The van der Waals surface area contributed by atoms with E-state index in [0.29, 0.717) is 12.1 Å². The van der Waals surface area contributed by atoms with Gasteiger partial charge in [0.1, 0.15) is 5.69 Å². The standard InChI is InChI=1S/C14H16N2O/c1-3-11-4-6-12(7-5-11)8-14(17)13-9-15-10-16(13)2/h4-7,9-10H,3,8H2,1-2H3. The molecule has 0 aliphatic carbocycles. The van der Waals surface area contributed by atoms with Crippen LogP contribution < -0.4 is 0 Å². The molecule has 1 heterocycles. The molecular weight excluding hydrogens is 212 g/mol. The summed E-state index contributed by atoms with van der Waals surface area (Å²) in [5.41, 5.74) is 3.00. The number of rotatable bonds is 4. The first-order valence-corrected chi connectivity index (χ1v) is 5.78. The highest BCUT2D eigenvalue weighted by Gasteiger charge is 2.10. The maximum Gasteiger partial charge on any atom is 0.185 e. The third-order valence-electron chi connectivity index (χ3n) is 2.90. The number of aryl methyl sites for hydroxylation is 2. The number of ketones is 1. The Labute approximate surface area is 101 Å². The summed E-state index contributed by atoms with van der Waals surface area (Å²) in [5.74, 6) is 0.106. The van der Waals surface area contributed by atoms with Crippen LogP contribution in [0.1, 0.15) is 28.5 Å². The molecule has 0 saturated carbocycles. The monoisotopic (exact) mass is 228 g/mol. The molecule has 0 spiro atoms. The summed E-state index contributed by atoms with van der Waals surface area (Å²) >= 11 is 0. The lowest BCUT2D eigenvalue weighted by Gasteiger charge is -2.03. The summed E-state index contributed by atoms with van der Waals surface area (Å²) < 4.78 is 1.75. The van der Waals surface area contributed by atoms with Gasteiger partial charge in [-0.25, -0.2) is 4.98 Å². The van der Waals surface area contributed by atoms with E-state index in [9.17, 15) is 4.79 Å². The van der Waals surface area contributed by atoms with Crippen molar-refractivity contribution in [1.82, 2.24) is 9.55 Å². The molecule has 0 amide bonds. The Morgan fingerprint density at radius 3 is 2.41 bits per heavy atom. The summed E-state index contributed by atoms with van der Waals surface area (Å²) in [4.78, 5) is 15.9. The first kappa shape index (κ1) is 11.6. The third-order valence-corrected chi connectivity index (χ3v) is 2.90. The van der Waals surface area contributed by atoms with Gasteiger partial charge in [-0.15, -0.1) is 0 Å². The molecule has 3 heteroatoms. The lowest BCUT2D eigenvalue weighted by Crippen LogP contribution is -2.08. The highest BCUT2D eigenvalue weighted by molar-refractivity contribution is 5.95. The second-order valence-electron chi connectivity index (χ2n) is 4.16. The van der Waals surface area contributed by atoms with Crippen molar-refractivity contribution in [1.29, 1.82) is 0 Å². The molecule has 0 radical (unpaired) electrons. The number of nitrogens with zero attached hydrogens (tertiary/aromatic N) is 2. The number of carbonyl (C=O) groups excluding carboxylic acids is 1. The number of aromatic nitrogens is 2. The van der Waals surface area contributed by atoms with Crippen molar-refractivity contribution in [2.75, 3.05) is 0 Å². The van der Waals surface area contributed by atoms with E-state index in [-0.39, 0.29) is 5.78 Å². The molecule has 2 rings (SSSR count). The molecule has 3 nitrogen and oxygen atoms in total. The molecule has 0 unspecified atom stereocenters. The van der Waals surface area contributed by atoms with E-state index < -0.39 is 0 Å². The maximum atomic E-state index is 12.0. The number of benzene rings is 1. The Kier molecular flexibility index (Phi) is 3.38. The summed E-state index contributed by atoms with van der Waals surface area (Å²) in [6.45, 7) is 2.12. The minimum Gasteiger partial charge on any atom is -0.331 e. The zero-order chi connectivity index (χ0) is 12.3. The predicted octanol–water partition coefficient (Wildman–Crippen LogP) is 2.41.